The van der Waals surface area contributed by atoms with Crippen molar-refractivity contribution in [2.45, 2.75) is 58.4 Å². The molecular weight excluding hydrogens is 370 g/mol. The number of methoxy groups -OCH3 is 1. The van der Waals surface area contributed by atoms with Crippen LogP contribution in [0.2, 0.25) is 0 Å². The van der Waals surface area contributed by atoms with E-state index >= 15 is 0 Å². The van der Waals surface area contributed by atoms with Gasteiger partial charge in [0.25, 0.3) is 5.91 Å². The SMILES string of the molecule is CCCC[C@@H](CC)CNC(=O)CN1C(=O)N[C@@](CC)(c2ccc(OC)cc2)C1=O. The number of carbonyl (C=O) groups excluding carboxylic acids is 3. The molecule has 0 aromatic heterocycles. The minimum absolute atomic E-state index is 0.271. The number of nitrogens with zero attached hydrogens (tertiary/aromatic N) is 1. The average Bonchev–Trinajstić information content (AvgIpc) is 2.99. The van der Waals surface area contributed by atoms with Crippen molar-refractivity contribution in [3.05, 3.63) is 29.8 Å². The molecule has 1 saturated heterocycles. The Hall–Kier alpha value is -2.57. The fourth-order valence-corrected chi connectivity index (χ4v) is 3.69. The van der Waals surface area contributed by atoms with Crippen LogP contribution in [0.5, 0.6) is 5.75 Å². The van der Waals surface area contributed by atoms with Gasteiger partial charge in [-0.05, 0) is 36.5 Å². The summed E-state index contributed by atoms with van der Waals surface area (Å²) in [5, 5.41) is 5.68. The molecule has 0 aliphatic carbocycles. The van der Waals surface area contributed by atoms with E-state index in [1.165, 1.54) is 0 Å². The van der Waals surface area contributed by atoms with E-state index in [0.717, 1.165) is 30.6 Å². The van der Waals surface area contributed by atoms with Crippen LogP contribution in [0.25, 0.3) is 0 Å². The third kappa shape index (κ3) is 5.08. The Morgan fingerprint density at radius 2 is 1.90 bits per heavy atom. The third-order valence-electron chi connectivity index (χ3n) is 5.72. The molecular formula is C22H33N3O4. The van der Waals surface area contributed by atoms with Crippen LogP contribution < -0.4 is 15.4 Å². The molecule has 160 valence electrons. The van der Waals surface area contributed by atoms with Gasteiger partial charge in [-0.2, -0.15) is 0 Å². The smallest absolute Gasteiger partial charge is 0.325 e. The van der Waals surface area contributed by atoms with Crippen LogP contribution >= 0.6 is 0 Å². The van der Waals surface area contributed by atoms with Crippen LogP contribution in [-0.2, 0) is 15.1 Å². The van der Waals surface area contributed by atoms with Gasteiger partial charge in [-0.1, -0.05) is 52.2 Å². The molecule has 7 nitrogen and oxygen atoms in total. The molecule has 1 aromatic rings. The highest BCUT2D eigenvalue weighted by Gasteiger charge is 2.51. The number of benzene rings is 1. The largest absolute Gasteiger partial charge is 0.497 e. The maximum absolute atomic E-state index is 13.1. The normalized spacial score (nSPS) is 19.8. The van der Waals surface area contributed by atoms with E-state index in [1.807, 2.05) is 6.92 Å². The van der Waals surface area contributed by atoms with Gasteiger partial charge in [0.1, 0.15) is 17.8 Å². The lowest BCUT2D eigenvalue weighted by atomic mass is 9.87. The van der Waals surface area contributed by atoms with Crippen molar-refractivity contribution in [3.8, 4) is 5.75 Å². The molecule has 2 N–H and O–H groups in total. The van der Waals surface area contributed by atoms with Gasteiger partial charge >= 0.3 is 6.03 Å². The summed E-state index contributed by atoms with van der Waals surface area (Å²) >= 11 is 0. The lowest BCUT2D eigenvalue weighted by Crippen LogP contribution is -2.45. The minimum Gasteiger partial charge on any atom is -0.497 e. The molecule has 1 heterocycles. The molecule has 0 saturated carbocycles. The second kappa shape index (κ2) is 10.3. The number of nitrogens with one attached hydrogen (secondary N) is 2. The summed E-state index contributed by atoms with van der Waals surface area (Å²) in [7, 11) is 1.57. The Kier molecular flexibility index (Phi) is 8.05. The predicted molar refractivity (Wildman–Crippen MR) is 112 cm³/mol. The third-order valence-corrected chi connectivity index (χ3v) is 5.72. The molecule has 0 bridgehead atoms. The number of hydrogen-bond acceptors (Lipinski definition) is 4. The number of urea groups is 1. The summed E-state index contributed by atoms with van der Waals surface area (Å²) < 4.78 is 5.16. The maximum Gasteiger partial charge on any atom is 0.325 e. The topological polar surface area (TPSA) is 87.7 Å². The number of hydrogen-bond donors (Lipinski definition) is 2. The quantitative estimate of drug-likeness (QED) is 0.556. The van der Waals surface area contributed by atoms with Crippen molar-refractivity contribution < 1.29 is 19.1 Å². The predicted octanol–water partition coefficient (Wildman–Crippen LogP) is 3.18. The second-order valence-corrected chi connectivity index (χ2v) is 7.53. The van der Waals surface area contributed by atoms with Crippen LogP contribution in [0.1, 0.15) is 58.4 Å². The summed E-state index contributed by atoms with van der Waals surface area (Å²) in [6, 6.07) is 6.50. The maximum atomic E-state index is 13.1. The number of ether oxygens (including phenoxy) is 1. The van der Waals surface area contributed by atoms with Crippen LogP contribution in [-0.4, -0.2) is 42.9 Å². The van der Waals surface area contributed by atoms with Gasteiger partial charge in [0, 0.05) is 6.54 Å². The van der Waals surface area contributed by atoms with Crippen molar-refractivity contribution >= 4 is 17.8 Å². The van der Waals surface area contributed by atoms with Gasteiger partial charge in [0.05, 0.1) is 7.11 Å². The summed E-state index contributed by atoms with van der Waals surface area (Å²) in [5.41, 5.74) is -0.482. The molecule has 29 heavy (non-hydrogen) atoms. The number of unbranched alkanes of at least 4 members (excludes halogenated alkanes) is 1. The first-order valence-corrected chi connectivity index (χ1v) is 10.5. The minimum atomic E-state index is -1.16. The molecule has 2 atom stereocenters. The lowest BCUT2D eigenvalue weighted by molar-refractivity contribution is -0.135. The number of imide groups is 1. The fourth-order valence-electron chi connectivity index (χ4n) is 3.69. The molecule has 0 radical (unpaired) electrons. The van der Waals surface area contributed by atoms with Crippen molar-refractivity contribution in [1.82, 2.24) is 15.5 Å². The van der Waals surface area contributed by atoms with E-state index in [4.69, 9.17) is 4.74 Å². The first kappa shape index (κ1) is 22.7. The molecule has 1 aliphatic heterocycles. The van der Waals surface area contributed by atoms with E-state index in [2.05, 4.69) is 24.5 Å². The Morgan fingerprint density at radius 3 is 2.45 bits per heavy atom. The zero-order valence-corrected chi connectivity index (χ0v) is 17.9. The van der Waals surface area contributed by atoms with Crippen LogP contribution in [0, 0.1) is 5.92 Å². The van der Waals surface area contributed by atoms with E-state index in [-0.39, 0.29) is 12.5 Å². The van der Waals surface area contributed by atoms with Crippen molar-refractivity contribution in [3.63, 3.8) is 0 Å². The highest BCUT2D eigenvalue weighted by molar-refractivity contribution is 6.09. The van der Waals surface area contributed by atoms with Gasteiger partial charge in [-0.15, -0.1) is 0 Å². The summed E-state index contributed by atoms with van der Waals surface area (Å²) in [4.78, 5) is 39.1. The second-order valence-electron chi connectivity index (χ2n) is 7.53. The van der Waals surface area contributed by atoms with Gasteiger partial charge in [-0.3, -0.25) is 14.5 Å². The highest BCUT2D eigenvalue weighted by Crippen LogP contribution is 2.33. The van der Waals surface area contributed by atoms with Gasteiger partial charge in [0.15, 0.2) is 0 Å². The highest BCUT2D eigenvalue weighted by atomic mass is 16.5. The standard InChI is InChI=1S/C22H33N3O4/c1-5-8-9-16(6-2)14-23-19(26)15-25-20(27)22(7-3,24-21(25)28)17-10-12-18(29-4)13-11-17/h10-13,16H,5-9,14-15H2,1-4H3,(H,23,26)(H,24,28)/t16-,22+/m1/s1. The van der Waals surface area contributed by atoms with E-state index in [1.54, 1.807) is 31.4 Å². The summed E-state index contributed by atoms with van der Waals surface area (Å²) in [6.45, 7) is 6.38. The molecule has 1 aromatic carbocycles. The first-order valence-electron chi connectivity index (χ1n) is 10.5. The number of rotatable bonds is 11. The lowest BCUT2D eigenvalue weighted by Gasteiger charge is -2.26. The zero-order chi connectivity index (χ0) is 21.4. The van der Waals surface area contributed by atoms with Crippen molar-refractivity contribution in [1.29, 1.82) is 0 Å². The molecule has 4 amide bonds. The Balaban J connectivity index is 2.05. The zero-order valence-electron chi connectivity index (χ0n) is 17.9. The summed E-state index contributed by atoms with van der Waals surface area (Å²) in [5.74, 6) is 0.367. The van der Waals surface area contributed by atoms with Crippen LogP contribution in [0.4, 0.5) is 4.79 Å². The van der Waals surface area contributed by atoms with Crippen LogP contribution in [0.3, 0.4) is 0 Å². The molecule has 0 unspecified atom stereocenters. The molecule has 7 heteroatoms. The number of amides is 4. The average molecular weight is 404 g/mol. The van der Waals surface area contributed by atoms with Gasteiger partial charge in [-0.25, -0.2) is 4.79 Å². The molecule has 1 fully saturated rings. The van der Waals surface area contributed by atoms with Crippen molar-refractivity contribution in [2.75, 3.05) is 20.2 Å². The molecule has 2 rings (SSSR count). The van der Waals surface area contributed by atoms with Crippen LogP contribution in [0.15, 0.2) is 24.3 Å². The number of carbonyl (C=O) groups is 3. The monoisotopic (exact) mass is 403 g/mol. The van der Waals surface area contributed by atoms with E-state index in [0.29, 0.717) is 30.2 Å². The van der Waals surface area contributed by atoms with E-state index < -0.39 is 17.5 Å². The molecule has 0 spiro atoms. The van der Waals surface area contributed by atoms with E-state index in [9.17, 15) is 14.4 Å². The van der Waals surface area contributed by atoms with Gasteiger partial charge < -0.3 is 15.4 Å². The fraction of sp³-hybridized carbons (Fsp3) is 0.591. The van der Waals surface area contributed by atoms with Crippen molar-refractivity contribution in [2.24, 2.45) is 5.92 Å². The Morgan fingerprint density at radius 1 is 1.21 bits per heavy atom. The first-order chi connectivity index (χ1) is 13.9. The summed E-state index contributed by atoms with van der Waals surface area (Å²) in [6.07, 6.45) is 4.68. The molecule has 1 aliphatic rings. The van der Waals surface area contributed by atoms with Gasteiger partial charge in [0.2, 0.25) is 5.91 Å². The Labute approximate surface area is 173 Å². The Bertz CT molecular complexity index is 719.